The highest BCUT2D eigenvalue weighted by Gasteiger charge is 2.42. The van der Waals surface area contributed by atoms with Crippen molar-refractivity contribution in [1.29, 1.82) is 0 Å². The molecule has 0 saturated carbocycles. The first-order valence-electron chi connectivity index (χ1n) is 6.35. The van der Waals surface area contributed by atoms with Gasteiger partial charge in [-0.05, 0) is 18.4 Å². The van der Waals surface area contributed by atoms with Crippen molar-refractivity contribution in [3.05, 3.63) is 35.9 Å². The van der Waals surface area contributed by atoms with Crippen LogP contribution in [0.5, 0.6) is 0 Å². The number of benzene rings is 1. The molecule has 4 nitrogen and oxygen atoms in total. The second-order valence-electron chi connectivity index (χ2n) is 4.73. The standard InChI is InChI=1S/C14H18N2O2S/c15-12(19)14(6-8-18-9-7-14)13(17)16-10-11-4-2-1-3-5-11/h1-5H,6-10H2,(H2,15,19)(H,16,17). The van der Waals surface area contributed by atoms with Crippen molar-refractivity contribution >= 4 is 23.1 Å². The molecule has 1 heterocycles. The average Bonchev–Trinajstić information content (AvgIpc) is 2.46. The van der Waals surface area contributed by atoms with Crippen LogP contribution < -0.4 is 11.1 Å². The predicted octanol–water partition coefficient (Wildman–Crippen LogP) is 1.39. The van der Waals surface area contributed by atoms with Gasteiger partial charge in [-0.15, -0.1) is 0 Å². The summed E-state index contributed by atoms with van der Waals surface area (Å²) < 4.78 is 5.29. The van der Waals surface area contributed by atoms with E-state index >= 15 is 0 Å². The van der Waals surface area contributed by atoms with Gasteiger partial charge in [-0.25, -0.2) is 0 Å². The van der Waals surface area contributed by atoms with Gasteiger partial charge in [0.05, 0.1) is 4.99 Å². The molecule has 102 valence electrons. The Kier molecular flexibility index (Phi) is 4.50. The Labute approximate surface area is 118 Å². The summed E-state index contributed by atoms with van der Waals surface area (Å²) in [5.74, 6) is -0.0906. The Hall–Kier alpha value is -1.46. The quantitative estimate of drug-likeness (QED) is 0.817. The molecule has 1 amide bonds. The van der Waals surface area contributed by atoms with Gasteiger partial charge < -0.3 is 15.8 Å². The van der Waals surface area contributed by atoms with Crippen LogP contribution in [-0.4, -0.2) is 24.1 Å². The lowest BCUT2D eigenvalue weighted by Crippen LogP contribution is -2.51. The maximum Gasteiger partial charge on any atom is 0.233 e. The topological polar surface area (TPSA) is 64.4 Å². The van der Waals surface area contributed by atoms with E-state index in [4.69, 9.17) is 22.7 Å². The van der Waals surface area contributed by atoms with Gasteiger partial charge in [0.2, 0.25) is 5.91 Å². The highest BCUT2D eigenvalue weighted by molar-refractivity contribution is 7.80. The van der Waals surface area contributed by atoms with E-state index < -0.39 is 5.41 Å². The molecule has 0 spiro atoms. The number of carbonyl (C=O) groups excluding carboxylic acids is 1. The van der Waals surface area contributed by atoms with E-state index in [9.17, 15) is 4.79 Å². The van der Waals surface area contributed by atoms with Crippen LogP contribution in [0.2, 0.25) is 0 Å². The van der Waals surface area contributed by atoms with Crippen molar-refractivity contribution in [1.82, 2.24) is 5.32 Å². The summed E-state index contributed by atoms with van der Waals surface area (Å²) in [6.45, 7) is 1.54. The van der Waals surface area contributed by atoms with E-state index in [1.54, 1.807) is 0 Å². The molecule has 1 fully saturated rings. The van der Waals surface area contributed by atoms with Crippen LogP contribution in [0, 0.1) is 5.41 Å². The van der Waals surface area contributed by atoms with E-state index in [0.29, 0.717) is 32.6 Å². The van der Waals surface area contributed by atoms with E-state index in [-0.39, 0.29) is 10.9 Å². The molecule has 1 saturated heterocycles. The van der Waals surface area contributed by atoms with Gasteiger partial charge in [0.1, 0.15) is 5.41 Å². The number of carbonyl (C=O) groups is 1. The molecule has 1 aromatic carbocycles. The highest BCUT2D eigenvalue weighted by Crippen LogP contribution is 2.31. The van der Waals surface area contributed by atoms with E-state index in [2.05, 4.69) is 5.32 Å². The van der Waals surface area contributed by atoms with E-state index in [1.165, 1.54) is 0 Å². The number of amides is 1. The molecule has 1 aromatic rings. The summed E-state index contributed by atoms with van der Waals surface area (Å²) in [6, 6.07) is 9.77. The molecule has 0 radical (unpaired) electrons. The van der Waals surface area contributed by atoms with Crippen molar-refractivity contribution < 1.29 is 9.53 Å². The van der Waals surface area contributed by atoms with Crippen molar-refractivity contribution in [2.24, 2.45) is 11.1 Å². The zero-order valence-electron chi connectivity index (χ0n) is 10.7. The number of nitrogens with one attached hydrogen (secondary N) is 1. The first-order chi connectivity index (χ1) is 9.15. The minimum absolute atomic E-state index is 0.0906. The molecule has 1 aliphatic heterocycles. The zero-order chi connectivity index (χ0) is 13.7. The van der Waals surface area contributed by atoms with E-state index in [0.717, 1.165) is 5.56 Å². The normalized spacial score (nSPS) is 17.7. The second-order valence-corrected chi connectivity index (χ2v) is 5.17. The van der Waals surface area contributed by atoms with Gasteiger partial charge in [0.15, 0.2) is 0 Å². The van der Waals surface area contributed by atoms with Gasteiger partial charge in [-0.2, -0.15) is 0 Å². The highest BCUT2D eigenvalue weighted by atomic mass is 32.1. The number of ether oxygens (including phenoxy) is 1. The average molecular weight is 278 g/mol. The lowest BCUT2D eigenvalue weighted by Gasteiger charge is -2.34. The number of hydrogen-bond donors (Lipinski definition) is 2. The fourth-order valence-corrected chi connectivity index (χ4v) is 2.55. The smallest absolute Gasteiger partial charge is 0.233 e. The molecular weight excluding hydrogens is 260 g/mol. The van der Waals surface area contributed by atoms with Crippen LogP contribution in [0.15, 0.2) is 30.3 Å². The number of rotatable bonds is 4. The maximum absolute atomic E-state index is 12.4. The van der Waals surface area contributed by atoms with Crippen LogP contribution in [0.1, 0.15) is 18.4 Å². The molecular formula is C14H18N2O2S. The number of thiocarbonyl (C=S) groups is 1. The molecule has 2 rings (SSSR count). The summed E-state index contributed by atoms with van der Waals surface area (Å²) in [5.41, 5.74) is 6.10. The maximum atomic E-state index is 12.4. The third-order valence-corrected chi connectivity index (χ3v) is 3.94. The van der Waals surface area contributed by atoms with Crippen LogP contribution in [0.3, 0.4) is 0 Å². The van der Waals surface area contributed by atoms with Crippen LogP contribution >= 0.6 is 12.2 Å². The van der Waals surface area contributed by atoms with Crippen LogP contribution in [0.25, 0.3) is 0 Å². The Bertz CT molecular complexity index is 456. The number of hydrogen-bond acceptors (Lipinski definition) is 3. The largest absolute Gasteiger partial charge is 0.392 e. The number of nitrogens with two attached hydrogens (primary N) is 1. The zero-order valence-corrected chi connectivity index (χ0v) is 11.5. The van der Waals surface area contributed by atoms with Gasteiger partial charge in [0, 0.05) is 19.8 Å². The van der Waals surface area contributed by atoms with Gasteiger partial charge in [-0.1, -0.05) is 42.5 Å². The first kappa shape index (κ1) is 14.0. The minimum Gasteiger partial charge on any atom is -0.392 e. The fourth-order valence-electron chi connectivity index (χ4n) is 2.25. The Morgan fingerprint density at radius 3 is 2.53 bits per heavy atom. The monoisotopic (exact) mass is 278 g/mol. The van der Waals surface area contributed by atoms with Gasteiger partial charge in [0.25, 0.3) is 0 Å². The first-order valence-corrected chi connectivity index (χ1v) is 6.76. The lowest BCUT2D eigenvalue weighted by atomic mass is 9.79. The van der Waals surface area contributed by atoms with E-state index in [1.807, 2.05) is 30.3 Å². The minimum atomic E-state index is -0.748. The molecule has 19 heavy (non-hydrogen) atoms. The molecule has 0 bridgehead atoms. The fraction of sp³-hybridized carbons (Fsp3) is 0.429. The molecule has 5 heteroatoms. The molecule has 0 unspecified atom stereocenters. The van der Waals surface area contributed by atoms with Crippen molar-refractivity contribution in [2.45, 2.75) is 19.4 Å². The van der Waals surface area contributed by atoms with Crippen LogP contribution in [-0.2, 0) is 16.1 Å². The van der Waals surface area contributed by atoms with Gasteiger partial charge in [-0.3, -0.25) is 4.79 Å². The second kappa shape index (κ2) is 6.12. The molecule has 0 aromatic heterocycles. The SMILES string of the molecule is NC(=S)C1(C(=O)NCc2ccccc2)CCOCC1. The molecule has 0 atom stereocenters. The Morgan fingerprint density at radius 2 is 1.95 bits per heavy atom. The summed E-state index contributed by atoms with van der Waals surface area (Å²) in [7, 11) is 0. The Morgan fingerprint density at radius 1 is 1.32 bits per heavy atom. The third-order valence-electron chi connectivity index (χ3n) is 3.55. The Balaban J connectivity index is 2.02. The van der Waals surface area contributed by atoms with Gasteiger partial charge >= 0.3 is 0 Å². The lowest BCUT2D eigenvalue weighted by molar-refractivity contribution is -0.131. The van der Waals surface area contributed by atoms with Crippen molar-refractivity contribution in [3.8, 4) is 0 Å². The summed E-state index contributed by atoms with van der Waals surface area (Å²) in [6.07, 6.45) is 1.12. The molecule has 1 aliphatic rings. The van der Waals surface area contributed by atoms with Crippen LogP contribution in [0.4, 0.5) is 0 Å². The summed E-state index contributed by atoms with van der Waals surface area (Å²) in [4.78, 5) is 12.7. The van der Waals surface area contributed by atoms with Crippen molar-refractivity contribution in [3.63, 3.8) is 0 Å². The summed E-state index contributed by atoms with van der Waals surface area (Å²) >= 11 is 5.10. The summed E-state index contributed by atoms with van der Waals surface area (Å²) in [5, 5.41) is 2.93. The third kappa shape index (κ3) is 3.11. The predicted molar refractivity (Wildman–Crippen MR) is 77.6 cm³/mol. The van der Waals surface area contributed by atoms with Crippen molar-refractivity contribution in [2.75, 3.05) is 13.2 Å². The molecule has 3 N–H and O–H groups in total. The molecule has 0 aliphatic carbocycles.